The molecule has 178 valence electrons. The maximum Gasteiger partial charge on any atom is 0.269 e. The first-order valence-corrected chi connectivity index (χ1v) is 11.9. The Hall–Kier alpha value is -1.84. The normalized spacial score (nSPS) is 22.9. The van der Waals surface area contributed by atoms with E-state index in [0.29, 0.717) is 44.9 Å². The van der Waals surface area contributed by atoms with E-state index in [2.05, 4.69) is 15.1 Å². The van der Waals surface area contributed by atoms with Gasteiger partial charge in [0.05, 0.1) is 11.5 Å². The smallest absolute Gasteiger partial charge is 0.269 e. The molecule has 0 spiro atoms. The predicted molar refractivity (Wildman–Crippen MR) is 121 cm³/mol. The van der Waals surface area contributed by atoms with Crippen molar-refractivity contribution in [3.8, 4) is 0 Å². The Morgan fingerprint density at radius 3 is 2.16 bits per heavy atom. The fourth-order valence-corrected chi connectivity index (χ4v) is 5.34. The second kappa shape index (κ2) is 10.4. The van der Waals surface area contributed by atoms with E-state index < -0.39 is 16.8 Å². The number of halogens is 2. The molecule has 0 unspecified atom stereocenters. The van der Waals surface area contributed by atoms with Crippen molar-refractivity contribution >= 4 is 11.4 Å². The van der Waals surface area contributed by atoms with Gasteiger partial charge in [0.25, 0.3) is 11.6 Å². The number of anilines is 1. The fourth-order valence-electron chi connectivity index (χ4n) is 5.34. The van der Waals surface area contributed by atoms with Crippen LogP contribution in [0.2, 0.25) is 0 Å². The van der Waals surface area contributed by atoms with Crippen LogP contribution in [0.25, 0.3) is 0 Å². The molecular formula is C23H35F2N5O2. The van der Waals surface area contributed by atoms with Crippen molar-refractivity contribution in [3.05, 3.63) is 34.4 Å². The largest absolute Gasteiger partial charge is 0.369 e. The van der Waals surface area contributed by atoms with Crippen LogP contribution < -0.4 is 10.2 Å². The number of alkyl halides is 2. The fraction of sp³-hybridized carbons (Fsp3) is 0.739. The van der Waals surface area contributed by atoms with Crippen LogP contribution in [0.3, 0.4) is 0 Å². The SMILES string of the molecule is O=[N+]([O-])c1ccc(N2CCN(CC(F)(F)C3CCN(CC4CCNCC4)CC3)CC2)cc1. The van der Waals surface area contributed by atoms with Crippen molar-refractivity contribution in [3.63, 3.8) is 0 Å². The first-order chi connectivity index (χ1) is 15.4. The lowest BCUT2D eigenvalue weighted by atomic mass is 9.88. The van der Waals surface area contributed by atoms with Gasteiger partial charge in [-0.3, -0.25) is 15.0 Å². The van der Waals surface area contributed by atoms with E-state index in [0.717, 1.165) is 38.4 Å². The summed E-state index contributed by atoms with van der Waals surface area (Å²) in [6.45, 7) is 7.11. The molecule has 3 aliphatic heterocycles. The highest BCUT2D eigenvalue weighted by atomic mass is 19.3. The second-order valence-corrected chi connectivity index (χ2v) is 9.57. The molecule has 0 amide bonds. The zero-order chi connectivity index (χ0) is 22.6. The average molecular weight is 452 g/mol. The highest BCUT2D eigenvalue weighted by Crippen LogP contribution is 2.35. The Morgan fingerprint density at radius 1 is 0.938 bits per heavy atom. The van der Waals surface area contributed by atoms with Crippen LogP contribution >= 0.6 is 0 Å². The van der Waals surface area contributed by atoms with Gasteiger partial charge in [-0.1, -0.05) is 0 Å². The summed E-state index contributed by atoms with van der Waals surface area (Å²) in [4.78, 5) is 16.8. The summed E-state index contributed by atoms with van der Waals surface area (Å²) in [5, 5.41) is 14.2. The van der Waals surface area contributed by atoms with E-state index in [9.17, 15) is 10.1 Å². The van der Waals surface area contributed by atoms with Crippen LogP contribution in [0, 0.1) is 22.0 Å². The molecule has 3 heterocycles. The molecule has 1 aromatic rings. The van der Waals surface area contributed by atoms with Crippen molar-refractivity contribution in [2.45, 2.75) is 31.6 Å². The molecule has 1 N–H and O–H groups in total. The molecule has 7 nitrogen and oxygen atoms in total. The molecular weight excluding hydrogens is 416 g/mol. The number of hydrogen-bond donors (Lipinski definition) is 1. The van der Waals surface area contributed by atoms with Gasteiger partial charge in [0, 0.05) is 56.5 Å². The summed E-state index contributed by atoms with van der Waals surface area (Å²) in [7, 11) is 0. The number of hydrogen-bond acceptors (Lipinski definition) is 6. The Kier molecular flexibility index (Phi) is 7.58. The Labute approximate surface area is 188 Å². The van der Waals surface area contributed by atoms with Crippen molar-refractivity contribution in [1.82, 2.24) is 15.1 Å². The summed E-state index contributed by atoms with van der Waals surface area (Å²) >= 11 is 0. The molecule has 9 heteroatoms. The van der Waals surface area contributed by atoms with Crippen molar-refractivity contribution < 1.29 is 13.7 Å². The predicted octanol–water partition coefficient (Wildman–Crippen LogP) is 3.06. The van der Waals surface area contributed by atoms with E-state index in [-0.39, 0.29) is 12.2 Å². The Bertz CT molecular complexity index is 741. The number of piperidine rings is 2. The van der Waals surface area contributed by atoms with Crippen LogP contribution in [-0.4, -0.2) is 86.1 Å². The van der Waals surface area contributed by atoms with Crippen LogP contribution in [0.4, 0.5) is 20.2 Å². The van der Waals surface area contributed by atoms with Crippen molar-refractivity contribution in [2.75, 3.05) is 70.3 Å². The number of nitro benzene ring substituents is 1. The first kappa shape index (κ1) is 23.3. The number of benzene rings is 1. The summed E-state index contributed by atoms with van der Waals surface area (Å²) in [6.07, 6.45) is 3.56. The van der Waals surface area contributed by atoms with Crippen molar-refractivity contribution in [1.29, 1.82) is 0 Å². The van der Waals surface area contributed by atoms with Gasteiger partial charge >= 0.3 is 0 Å². The summed E-state index contributed by atoms with van der Waals surface area (Å²) in [6, 6.07) is 6.46. The summed E-state index contributed by atoms with van der Waals surface area (Å²) < 4.78 is 30.1. The Morgan fingerprint density at radius 2 is 1.56 bits per heavy atom. The molecule has 1 aromatic carbocycles. The Balaban J connectivity index is 1.21. The highest BCUT2D eigenvalue weighted by Gasteiger charge is 2.42. The number of nitro groups is 1. The maximum atomic E-state index is 15.1. The minimum Gasteiger partial charge on any atom is -0.369 e. The van der Waals surface area contributed by atoms with E-state index in [4.69, 9.17) is 0 Å². The summed E-state index contributed by atoms with van der Waals surface area (Å²) in [5.74, 6) is -2.48. The lowest BCUT2D eigenvalue weighted by Crippen LogP contribution is -2.53. The monoisotopic (exact) mass is 451 g/mol. The van der Waals surface area contributed by atoms with Gasteiger partial charge < -0.3 is 15.1 Å². The van der Waals surface area contributed by atoms with Gasteiger partial charge in [-0.05, 0) is 69.9 Å². The van der Waals surface area contributed by atoms with Crippen LogP contribution in [0.15, 0.2) is 24.3 Å². The number of nitrogens with one attached hydrogen (secondary N) is 1. The molecule has 0 aromatic heterocycles. The topological polar surface area (TPSA) is 64.9 Å². The standard InChI is InChI=1S/C23H35F2N5O2/c24-23(25,20-7-11-27(12-8-20)17-19-5-9-26-10-6-19)18-28-13-15-29(16-14-28)21-1-3-22(4-2-21)30(31)32/h1-4,19-20,26H,5-18H2. The number of piperazine rings is 1. The van der Waals surface area contributed by atoms with Crippen molar-refractivity contribution in [2.24, 2.45) is 11.8 Å². The third-order valence-electron chi connectivity index (χ3n) is 7.39. The first-order valence-electron chi connectivity index (χ1n) is 11.9. The van der Waals surface area contributed by atoms with E-state index >= 15 is 8.78 Å². The number of rotatable bonds is 7. The average Bonchev–Trinajstić information content (AvgIpc) is 2.80. The zero-order valence-electron chi connectivity index (χ0n) is 18.7. The molecule has 0 saturated carbocycles. The molecule has 4 rings (SSSR count). The lowest BCUT2D eigenvalue weighted by Gasteiger charge is -2.41. The van der Waals surface area contributed by atoms with E-state index in [1.165, 1.54) is 25.0 Å². The number of likely N-dealkylation sites (tertiary alicyclic amines) is 1. The van der Waals surface area contributed by atoms with Gasteiger partial charge in [0.2, 0.25) is 0 Å². The maximum absolute atomic E-state index is 15.1. The number of non-ortho nitro benzene ring substituents is 1. The van der Waals surface area contributed by atoms with Gasteiger partial charge in [0.1, 0.15) is 0 Å². The third-order valence-corrected chi connectivity index (χ3v) is 7.39. The van der Waals surface area contributed by atoms with Crippen LogP contribution in [0.5, 0.6) is 0 Å². The summed E-state index contributed by atoms with van der Waals surface area (Å²) in [5.41, 5.74) is 0.969. The number of nitrogens with zero attached hydrogens (tertiary/aromatic N) is 4. The second-order valence-electron chi connectivity index (χ2n) is 9.57. The minimum absolute atomic E-state index is 0.0637. The van der Waals surface area contributed by atoms with Gasteiger partial charge in [0.15, 0.2) is 0 Å². The zero-order valence-corrected chi connectivity index (χ0v) is 18.7. The minimum atomic E-state index is -2.66. The van der Waals surface area contributed by atoms with Gasteiger partial charge in [-0.25, -0.2) is 8.78 Å². The highest BCUT2D eigenvalue weighted by molar-refractivity contribution is 5.51. The van der Waals surface area contributed by atoms with Crippen LogP contribution in [-0.2, 0) is 0 Å². The third kappa shape index (κ3) is 5.94. The van der Waals surface area contributed by atoms with E-state index in [1.807, 2.05) is 4.90 Å². The molecule has 3 fully saturated rings. The molecule has 0 radical (unpaired) electrons. The molecule has 0 aliphatic carbocycles. The van der Waals surface area contributed by atoms with E-state index in [1.54, 1.807) is 12.1 Å². The molecule has 3 aliphatic rings. The molecule has 32 heavy (non-hydrogen) atoms. The quantitative estimate of drug-likeness (QED) is 0.508. The molecule has 0 atom stereocenters. The van der Waals surface area contributed by atoms with Crippen LogP contribution in [0.1, 0.15) is 25.7 Å². The van der Waals surface area contributed by atoms with Gasteiger partial charge in [-0.15, -0.1) is 0 Å². The molecule has 3 saturated heterocycles. The van der Waals surface area contributed by atoms with Gasteiger partial charge in [-0.2, -0.15) is 0 Å². The lowest BCUT2D eigenvalue weighted by molar-refractivity contribution is -0.384. The molecule has 0 bridgehead atoms.